The lowest BCUT2D eigenvalue weighted by molar-refractivity contribution is -0.140. The minimum atomic E-state index is -4.26. The maximum absolute atomic E-state index is 13.9. The number of nitrogens with zero attached hydrogens (tertiary/aromatic N) is 2. The molecule has 8 nitrogen and oxygen atoms in total. The Morgan fingerprint density at radius 2 is 1.57 bits per heavy atom. The number of ether oxygens (including phenoxy) is 1. The highest BCUT2D eigenvalue weighted by molar-refractivity contribution is 7.92. The smallest absolute Gasteiger partial charge is 0.264 e. The average Bonchev–Trinajstić information content (AvgIpc) is 2.96. The summed E-state index contributed by atoms with van der Waals surface area (Å²) in [6.45, 7) is 5.94. The molecular formula is C30H36FN3O5S. The Hall–Kier alpha value is -3.92. The molecule has 1 N–H and O–H groups in total. The number of carbonyl (C=O) groups excluding carboxylic acids is 2. The SMILES string of the molecule is CCCNC(=O)[C@H](CC)N(Cc1ccccc1)C(=O)CN(c1ccc(F)cc1)S(=O)(=O)c1ccc(OCC)cc1. The molecular weight excluding hydrogens is 533 g/mol. The maximum atomic E-state index is 13.9. The second kappa shape index (κ2) is 14.5. The van der Waals surface area contributed by atoms with E-state index < -0.39 is 34.3 Å². The molecule has 3 rings (SSSR count). The Morgan fingerprint density at radius 3 is 2.15 bits per heavy atom. The van der Waals surface area contributed by atoms with Gasteiger partial charge in [-0.2, -0.15) is 0 Å². The van der Waals surface area contributed by atoms with Gasteiger partial charge >= 0.3 is 0 Å². The molecule has 0 spiro atoms. The molecule has 1 atom stereocenters. The molecule has 0 aliphatic heterocycles. The molecule has 0 aliphatic rings. The number of halogens is 1. The fraction of sp³-hybridized carbons (Fsp3) is 0.333. The lowest BCUT2D eigenvalue weighted by atomic mass is 10.1. The summed E-state index contributed by atoms with van der Waals surface area (Å²) in [7, 11) is -4.26. The number of hydrogen-bond donors (Lipinski definition) is 1. The highest BCUT2D eigenvalue weighted by Gasteiger charge is 2.33. The number of anilines is 1. The first-order chi connectivity index (χ1) is 19.2. The van der Waals surface area contributed by atoms with Crippen LogP contribution in [0.4, 0.5) is 10.1 Å². The van der Waals surface area contributed by atoms with Crippen molar-refractivity contribution in [3.63, 3.8) is 0 Å². The minimum Gasteiger partial charge on any atom is -0.494 e. The first kappa shape index (κ1) is 30.6. The highest BCUT2D eigenvalue weighted by atomic mass is 32.2. The van der Waals surface area contributed by atoms with Gasteiger partial charge in [0.05, 0.1) is 17.2 Å². The zero-order valence-corrected chi connectivity index (χ0v) is 23.9. The number of carbonyl (C=O) groups is 2. The zero-order valence-electron chi connectivity index (χ0n) is 23.0. The Balaban J connectivity index is 2.02. The Bertz CT molecular complexity index is 1350. The summed E-state index contributed by atoms with van der Waals surface area (Å²) in [5.74, 6) is -0.917. The predicted octanol–water partition coefficient (Wildman–Crippen LogP) is 4.75. The third-order valence-corrected chi connectivity index (χ3v) is 8.04. The Morgan fingerprint density at radius 1 is 0.925 bits per heavy atom. The van der Waals surface area contributed by atoms with Crippen LogP contribution in [0.1, 0.15) is 39.2 Å². The van der Waals surface area contributed by atoms with Crippen molar-refractivity contribution in [2.24, 2.45) is 0 Å². The molecule has 0 fully saturated rings. The standard InChI is InChI=1S/C30H36FN3O5S/c1-4-20-32-30(36)28(5-2)33(21-23-10-8-7-9-11-23)29(35)22-34(25-14-12-24(31)13-15-25)40(37,38)27-18-16-26(17-19-27)39-6-3/h7-19,28H,4-6,20-22H2,1-3H3,(H,32,36)/t28-/m0/s1. The van der Waals surface area contributed by atoms with Crippen LogP contribution in [0.15, 0.2) is 83.8 Å². The second-order valence-corrected chi connectivity index (χ2v) is 11.0. The molecule has 3 aromatic rings. The van der Waals surface area contributed by atoms with Crippen molar-refractivity contribution in [2.45, 2.75) is 51.1 Å². The lowest BCUT2D eigenvalue weighted by Crippen LogP contribution is -2.52. The summed E-state index contributed by atoms with van der Waals surface area (Å²) in [5.41, 5.74) is 0.909. The van der Waals surface area contributed by atoms with Gasteiger partial charge in [-0.05, 0) is 73.9 Å². The largest absolute Gasteiger partial charge is 0.494 e. The topological polar surface area (TPSA) is 96.0 Å². The first-order valence-corrected chi connectivity index (χ1v) is 14.8. The van der Waals surface area contributed by atoms with Crippen molar-refractivity contribution >= 4 is 27.5 Å². The second-order valence-electron chi connectivity index (χ2n) is 9.11. The van der Waals surface area contributed by atoms with E-state index in [1.807, 2.05) is 44.2 Å². The quantitative estimate of drug-likeness (QED) is 0.302. The first-order valence-electron chi connectivity index (χ1n) is 13.3. The van der Waals surface area contributed by atoms with Gasteiger partial charge in [0.15, 0.2) is 0 Å². The van der Waals surface area contributed by atoms with Gasteiger partial charge in [-0.3, -0.25) is 13.9 Å². The molecule has 0 bridgehead atoms. The molecule has 2 amide bonds. The van der Waals surface area contributed by atoms with Crippen LogP contribution in [-0.4, -0.2) is 50.9 Å². The monoisotopic (exact) mass is 569 g/mol. The fourth-order valence-corrected chi connectivity index (χ4v) is 5.62. The fourth-order valence-electron chi connectivity index (χ4n) is 4.20. The molecule has 0 unspecified atom stereocenters. The van der Waals surface area contributed by atoms with E-state index in [0.29, 0.717) is 25.3 Å². The van der Waals surface area contributed by atoms with E-state index in [-0.39, 0.29) is 23.0 Å². The van der Waals surface area contributed by atoms with Crippen molar-refractivity contribution < 1.29 is 27.1 Å². The van der Waals surface area contributed by atoms with Gasteiger partial charge in [-0.15, -0.1) is 0 Å². The molecule has 0 aliphatic carbocycles. The van der Waals surface area contributed by atoms with Crippen LogP contribution in [-0.2, 0) is 26.2 Å². The van der Waals surface area contributed by atoms with Gasteiger partial charge in [0.2, 0.25) is 11.8 Å². The summed E-state index contributed by atoms with van der Waals surface area (Å²) >= 11 is 0. The summed E-state index contributed by atoms with van der Waals surface area (Å²) < 4.78 is 47.8. The van der Waals surface area contributed by atoms with Crippen LogP contribution in [0.5, 0.6) is 5.75 Å². The molecule has 214 valence electrons. The Kier molecular flexibility index (Phi) is 11.1. The lowest BCUT2D eigenvalue weighted by Gasteiger charge is -2.33. The summed E-state index contributed by atoms with van der Waals surface area (Å²) in [5, 5.41) is 2.85. The van der Waals surface area contributed by atoms with E-state index in [9.17, 15) is 22.4 Å². The van der Waals surface area contributed by atoms with Gasteiger partial charge in [0, 0.05) is 13.1 Å². The number of rotatable bonds is 14. The molecule has 10 heteroatoms. The van der Waals surface area contributed by atoms with Crippen LogP contribution in [0, 0.1) is 5.82 Å². The van der Waals surface area contributed by atoms with Crippen LogP contribution in [0.25, 0.3) is 0 Å². The van der Waals surface area contributed by atoms with Gasteiger partial charge in [-0.1, -0.05) is 44.2 Å². The highest BCUT2D eigenvalue weighted by Crippen LogP contribution is 2.26. The van der Waals surface area contributed by atoms with Crippen LogP contribution in [0.2, 0.25) is 0 Å². The van der Waals surface area contributed by atoms with Gasteiger partial charge in [0.1, 0.15) is 24.2 Å². The molecule has 0 aromatic heterocycles. The number of sulfonamides is 1. The number of nitrogens with one attached hydrogen (secondary N) is 1. The van der Waals surface area contributed by atoms with E-state index in [1.165, 1.54) is 41.3 Å². The average molecular weight is 570 g/mol. The molecule has 0 radical (unpaired) electrons. The van der Waals surface area contributed by atoms with Crippen LogP contribution >= 0.6 is 0 Å². The van der Waals surface area contributed by atoms with Gasteiger partial charge in [-0.25, -0.2) is 12.8 Å². The summed E-state index contributed by atoms with van der Waals surface area (Å²) in [6, 6.07) is 19.1. The molecule has 0 heterocycles. The minimum absolute atomic E-state index is 0.0598. The van der Waals surface area contributed by atoms with Crippen molar-refractivity contribution in [1.82, 2.24) is 10.2 Å². The Labute approximate surface area is 235 Å². The van der Waals surface area contributed by atoms with Crippen molar-refractivity contribution in [3.05, 3.63) is 90.2 Å². The third kappa shape index (κ3) is 7.81. The number of hydrogen-bond acceptors (Lipinski definition) is 5. The molecule has 0 saturated heterocycles. The van der Waals surface area contributed by atoms with Gasteiger partial charge in [0.25, 0.3) is 10.0 Å². The summed E-state index contributed by atoms with van der Waals surface area (Å²) in [4.78, 5) is 28.4. The van der Waals surface area contributed by atoms with E-state index in [0.717, 1.165) is 28.4 Å². The van der Waals surface area contributed by atoms with Crippen LogP contribution in [0.3, 0.4) is 0 Å². The molecule has 3 aromatic carbocycles. The summed E-state index contributed by atoms with van der Waals surface area (Å²) in [6.07, 6.45) is 1.06. The zero-order chi connectivity index (χ0) is 29.1. The number of benzene rings is 3. The van der Waals surface area contributed by atoms with Crippen molar-refractivity contribution in [2.75, 3.05) is 24.0 Å². The molecule has 40 heavy (non-hydrogen) atoms. The van der Waals surface area contributed by atoms with Gasteiger partial charge < -0.3 is 15.0 Å². The number of amides is 2. The van der Waals surface area contributed by atoms with E-state index >= 15 is 0 Å². The van der Waals surface area contributed by atoms with Crippen LogP contribution < -0.4 is 14.4 Å². The van der Waals surface area contributed by atoms with E-state index in [2.05, 4.69) is 5.32 Å². The maximum Gasteiger partial charge on any atom is 0.264 e. The van der Waals surface area contributed by atoms with Crippen molar-refractivity contribution in [3.8, 4) is 5.75 Å². The predicted molar refractivity (Wildman–Crippen MR) is 153 cm³/mol. The third-order valence-electron chi connectivity index (χ3n) is 6.25. The molecule has 0 saturated carbocycles. The normalized spacial score (nSPS) is 11.9. The van der Waals surface area contributed by atoms with Crippen molar-refractivity contribution in [1.29, 1.82) is 0 Å². The van der Waals surface area contributed by atoms with E-state index in [1.54, 1.807) is 6.92 Å². The van der Waals surface area contributed by atoms with E-state index in [4.69, 9.17) is 4.74 Å².